The minimum absolute atomic E-state index is 0.196. The van der Waals surface area contributed by atoms with Gasteiger partial charge >= 0.3 is 0 Å². The minimum atomic E-state index is -0.386. The Bertz CT molecular complexity index is 727. The highest BCUT2D eigenvalue weighted by Crippen LogP contribution is 2.25. The van der Waals surface area contributed by atoms with Crippen LogP contribution in [0.4, 0.5) is 11.5 Å². The molecule has 1 aromatic carbocycles. The van der Waals surface area contributed by atoms with E-state index in [1.807, 2.05) is 6.07 Å². The molecule has 2 rings (SSSR count). The number of rotatable bonds is 3. The number of halogens is 2. The van der Waals surface area contributed by atoms with Gasteiger partial charge in [-0.3, -0.25) is 4.79 Å². The number of anilines is 1. The lowest BCUT2D eigenvalue weighted by Crippen LogP contribution is -2.19. The van der Waals surface area contributed by atoms with Crippen molar-refractivity contribution >= 4 is 44.9 Å². The molecule has 0 saturated heterocycles. The van der Waals surface area contributed by atoms with Gasteiger partial charge in [-0.15, -0.1) is 0 Å². The number of benzene rings is 1. The predicted molar refractivity (Wildman–Crippen MR) is 86.7 cm³/mol. The first-order chi connectivity index (χ1) is 10.0. The molecule has 1 unspecified atom stereocenters. The zero-order valence-corrected chi connectivity index (χ0v) is 13.4. The molecule has 0 aliphatic heterocycles. The van der Waals surface area contributed by atoms with Crippen LogP contribution in [-0.2, 0) is 4.79 Å². The van der Waals surface area contributed by atoms with Crippen LogP contribution in [0.15, 0.2) is 41.0 Å². The molecular formula is C15H11BrClN3O. The highest BCUT2D eigenvalue weighted by atomic mass is 79.9. The lowest BCUT2D eigenvalue weighted by atomic mass is 10.00. The number of carbonyl (C=O) groups excluding carboxylic acids is 1. The molecule has 4 nitrogen and oxygen atoms in total. The van der Waals surface area contributed by atoms with Crippen molar-refractivity contribution in [3.63, 3.8) is 0 Å². The summed E-state index contributed by atoms with van der Waals surface area (Å²) in [5, 5.41) is 3.21. The first kappa shape index (κ1) is 15.5. The lowest BCUT2D eigenvalue weighted by molar-refractivity contribution is -0.117. The Morgan fingerprint density at radius 2 is 2.24 bits per heavy atom. The fourth-order valence-electron chi connectivity index (χ4n) is 1.73. The van der Waals surface area contributed by atoms with E-state index in [0.717, 1.165) is 5.56 Å². The molecule has 21 heavy (non-hydrogen) atoms. The van der Waals surface area contributed by atoms with Crippen LogP contribution in [-0.4, -0.2) is 10.9 Å². The second-order valence-corrected chi connectivity index (χ2v) is 5.66. The quantitative estimate of drug-likeness (QED) is 0.796. The van der Waals surface area contributed by atoms with Gasteiger partial charge in [-0.2, -0.15) is 0 Å². The van der Waals surface area contributed by atoms with Crippen molar-refractivity contribution in [2.45, 2.75) is 12.8 Å². The van der Waals surface area contributed by atoms with Gasteiger partial charge in [0.15, 0.2) is 5.69 Å². The number of pyridine rings is 1. The predicted octanol–water partition coefficient (Wildman–Crippen LogP) is 4.79. The summed E-state index contributed by atoms with van der Waals surface area (Å²) in [7, 11) is 0. The van der Waals surface area contributed by atoms with E-state index in [-0.39, 0.29) is 11.8 Å². The number of hydrogen-bond acceptors (Lipinski definition) is 2. The van der Waals surface area contributed by atoms with E-state index in [9.17, 15) is 4.79 Å². The maximum Gasteiger partial charge on any atom is 0.232 e. The zero-order valence-electron chi connectivity index (χ0n) is 11.1. The molecule has 1 aromatic heterocycles. The van der Waals surface area contributed by atoms with Crippen LogP contribution < -0.4 is 5.32 Å². The van der Waals surface area contributed by atoms with Gasteiger partial charge in [0.05, 0.1) is 17.5 Å². The largest absolute Gasteiger partial charge is 0.310 e. The monoisotopic (exact) mass is 363 g/mol. The molecule has 6 heteroatoms. The molecule has 0 aliphatic carbocycles. The highest BCUT2D eigenvalue weighted by Gasteiger charge is 2.16. The van der Waals surface area contributed by atoms with Crippen molar-refractivity contribution in [1.82, 2.24) is 4.98 Å². The second kappa shape index (κ2) is 6.70. The average Bonchev–Trinajstić information content (AvgIpc) is 2.50. The molecule has 0 fully saturated rings. The average molecular weight is 365 g/mol. The SMILES string of the molecule is [C-]#[N+]c1cccc(C(C)C(=O)Nc2cc(Br)c(Cl)cn2)c1. The van der Waals surface area contributed by atoms with Gasteiger partial charge in [0.1, 0.15) is 5.82 Å². The number of nitrogens with one attached hydrogen (secondary N) is 1. The summed E-state index contributed by atoms with van der Waals surface area (Å²) in [5.74, 6) is -0.161. The van der Waals surface area contributed by atoms with Crippen molar-refractivity contribution in [3.05, 3.63) is 63.0 Å². The highest BCUT2D eigenvalue weighted by molar-refractivity contribution is 9.10. The summed E-state index contributed by atoms with van der Waals surface area (Å²) in [5.41, 5.74) is 1.30. The topological polar surface area (TPSA) is 46.4 Å². The van der Waals surface area contributed by atoms with Crippen LogP contribution in [0.1, 0.15) is 18.4 Å². The van der Waals surface area contributed by atoms with Crippen molar-refractivity contribution in [2.24, 2.45) is 0 Å². The van der Waals surface area contributed by atoms with Gasteiger partial charge in [0.25, 0.3) is 0 Å². The molecule has 0 bridgehead atoms. The summed E-state index contributed by atoms with van der Waals surface area (Å²) in [6.45, 7) is 8.79. The van der Waals surface area contributed by atoms with E-state index in [1.165, 1.54) is 6.20 Å². The third kappa shape index (κ3) is 3.81. The van der Waals surface area contributed by atoms with E-state index in [2.05, 4.69) is 31.1 Å². The lowest BCUT2D eigenvalue weighted by Gasteiger charge is -2.12. The van der Waals surface area contributed by atoms with Crippen molar-refractivity contribution in [1.29, 1.82) is 0 Å². The molecule has 0 aliphatic rings. The summed E-state index contributed by atoms with van der Waals surface area (Å²) < 4.78 is 0.664. The van der Waals surface area contributed by atoms with Crippen LogP contribution >= 0.6 is 27.5 Å². The normalized spacial score (nSPS) is 11.5. The molecule has 1 N–H and O–H groups in total. The number of carbonyl (C=O) groups is 1. The maximum atomic E-state index is 12.2. The fourth-order valence-corrected chi connectivity index (χ4v) is 2.15. The molecular weight excluding hydrogens is 354 g/mol. The third-order valence-corrected chi connectivity index (χ3v) is 4.14. The summed E-state index contributed by atoms with van der Waals surface area (Å²) in [6, 6.07) is 8.65. The molecule has 0 radical (unpaired) electrons. The van der Waals surface area contributed by atoms with Gasteiger partial charge in [-0.1, -0.05) is 35.9 Å². The van der Waals surface area contributed by atoms with Crippen LogP contribution in [0.3, 0.4) is 0 Å². The maximum absolute atomic E-state index is 12.2. The van der Waals surface area contributed by atoms with Crippen LogP contribution in [0, 0.1) is 6.57 Å². The van der Waals surface area contributed by atoms with E-state index < -0.39 is 0 Å². The van der Waals surface area contributed by atoms with Gasteiger partial charge in [0, 0.05) is 10.7 Å². The fraction of sp³-hybridized carbons (Fsp3) is 0.133. The Labute approximate surface area is 136 Å². The summed E-state index contributed by atoms with van der Waals surface area (Å²) in [6.07, 6.45) is 1.46. The first-order valence-corrected chi connectivity index (χ1v) is 7.27. The third-order valence-electron chi connectivity index (χ3n) is 2.95. The van der Waals surface area contributed by atoms with Crippen LogP contribution in [0.25, 0.3) is 4.85 Å². The Kier molecular flexibility index (Phi) is 4.94. The summed E-state index contributed by atoms with van der Waals surface area (Å²) in [4.78, 5) is 19.6. The molecule has 1 amide bonds. The van der Waals surface area contributed by atoms with Crippen LogP contribution in [0.2, 0.25) is 5.02 Å². The molecule has 0 saturated carbocycles. The number of amides is 1. The Morgan fingerprint density at radius 3 is 2.90 bits per heavy atom. The van der Waals surface area contributed by atoms with Crippen molar-refractivity contribution in [3.8, 4) is 0 Å². The Balaban J connectivity index is 2.15. The van der Waals surface area contributed by atoms with Gasteiger partial charge in [-0.25, -0.2) is 9.83 Å². The number of hydrogen-bond donors (Lipinski definition) is 1. The number of nitrogens with zero attached hydrogens (tertiary/aromatic N) is 2. The van der Waals surface area contributed by atoms with Gasteiger partial charge < -0.3 is 5.32 Å². The standard InChI is InChI=1S/C15H11BrClN3O/c1-9(10-4-3-5-11(6-10)18-2)15(21)20-14-7-12(16)13(17)8-19-14/h3-9H,1H3,(H,19,20,21). The molecule has 0 spiro atoms. The number of aromatic nitrogens is 1. The Morgan fingerprint density at radius 1 is 1.48 bits per heavy atom. The molecule has 2 aromatic rings. The Hall–Kier alpha value is -1.90. The minimum Gasteiger partial charge on any atom is -0.310 e. The summed E-state index contributed by atoms with van der Waals surface area (Å²) >= 11 is 9.14. The smallest absolute Gasteiger partial charge is 0.232 e. The van der Waals surface area contributed by atoms with E-state index in [4.69, 9.17) is 18.2 Å². The first-order valence-electron chi connectivity index (χ1n) is 6.10. The van der Waals surface area contributed by atoms with E-state index in [0.29, 0.717) is 21.0 Å². The molecule has 106 valence electrons. The van der Waals surface area contributed by atoms with E-state index >= 15 is 0 Å². The van der Waals surface area contributed by atoms with E-state index in [1.54, 1.807) is 31.2 Å². The molecule has 1 heterocycles. The second-order valence-electron chi connectivity index (χ2n) is 4.40. The van der Waals surface area contributed by atoms with Crippen molar-refractivity contribution in [2.75, 3.05) is 5.32 Å². The van der Waals surface area contributed by atoms with Crippen molar-refractivity contribution < 1.29 is 4.79 Å². The molecule has 1 atom stereocenters. The van der Waals surface area contributed by atoms with Crippen LogP contribution in [0.5, 0.6) is 0 Å². The van der Waals surface area contributed by atoms with Gasteiger partial charge in [0.2, 0.25) is 5.91 Å². The zero-order chi connectivity index (χ0) is 15.4. The van der Waals surface area contributed by atoms with Gasteiger partial charge in [-0.05, 0) is 34.5 Å².